The van der Waals surface area contributed by atoms with Gasteiger partial charge in [-0.15, -0.1) is 11.3 Å². The Morgan fingerprint density at radius 1 is 1.53 bits per heavy atom. The molecule has 1 aromatic heterocycles. The molecule has 0 unspecified atom stereocenters. The van der Waals surface area contributed by atoms with Crippen LogP contribution in [-0.4, -0.2) is 35.8 Å². The van der Waals surface area contributed by atoms with Crippen molar-refractivity contribution in [1.29, 1.82) is 0 Å². The number of hydrogen-bond acceptors (Lipinski definition) is 5. The van der Waals surface area contributed by atoms with E-state index in [0.717, 1.165) is 35.9 Å². The van der Waals surface area contributed by atoms with Crippen LogP contribution in [0.3, 0.4) is 0 Å². The van der Waals surface area contributed by atoms with Crippen molar-refractivity contribution in [2.75, 3.05) is 24.5 Å². The highest BCUT2D eigenvalue weighted by Gasteiger charge is 2.31. The zero-order valence-electron chi connectivity index (χ0n) is 9.93. The van der Waals surface area contributed by atoms with Crippen molar-refractivity contribution in [3.63, 3.8) is 0 Å². The Morgan fingerprint density at radius 2 is 2.47 bits per heavy atom. The van der Waals surface area contributed by atoms with Crippen LogP contribution in [0.4, 0.5) is 5.13 Å². The minimum atomic E-state index is 0.0535. The molecule has 2 atom stereocenters. The number of nitrogens with zero attached hydrogens (tertiary/aromatic N) is 2. The zero-order valence-corrected chi connectivity index (χ0v) is 10.7. The van der Waals surface area contributed by atoms with E-state index in [1.807, 2.05) is 5.38 Å². The number of hydrogen-bond donors (Lipinski definition) is 2. The quantitative estimate of drug-likeness (QED) is 0.832. The van der Waals surface area contributed by atoms with E-state index in [1.54, 1.807) is 11.3 Å². The SMILES string of the molecule is OCc1csc(N2CC[C@@H]3NCCC[C@@H]3C2)n1. The summed E-state index contributed by atoms with van der Waals surface area (Å²) in [7, 11) is 0. The molecule has 4 nitrogen and oxygen atoms in total. The molecule has 1 aromatic rings. The summed E-state index contributed by atoms with van der Waals surface area (Å²) in [5.41, 5.74) is 0.800. The molecule has 3 rings (SSSR count). The van der Waals surface area contributed by atoms with E-state index in [4.69, 9.17) is 5.11 Å². The van der Waals surface area contributed by atoms with Crippen LogP contribution in [0.5, 0.6) is 0 Å². The average molecular weight is 253 g/mol. The summed E-state index contributed by atoms with van der Waals surface area (Å²) in [4.78, 5) is 6.85. The van der Waals surface area contributed by atoms with Crippen molar-refractivity contribution in [2.45, 2.75) is 31.9 Å². The van der Waals surface area contributed by atoms with Gasteiger partial charge in [-0.05, 0) is 31.7 Å². The maximum absolute atomic E-state index is 9.05. The lowest BCUT2D eigenvalue weighted by molar-refractivity contribution is 0.244. The third-order valence-corrected chi connectivity index (χ3v) is 4.81. The monoisotopic (exact) mass is 253 g/mol. The number of aromatic nitrogens is 1. The molecular formula is C12H19N3OS. The molecule has 0 aromatic carbocycles. The summed E-state index contributed by atoms with van der Waals surface area (Å²) in [6, 6.07) is 0.720. The lowest BCUT2D eigenvalue weighted by atomic mass is 9.86. The number of aliphatic hydroxyl groups is 1. The molecule has 94 valence electrons. The van der Waals surface area contributed by atoms with Gasteiger partial charge in [-0.1, -0.05) is 0 Å². The molecule has 0 aliphatic carbocycles. The van der Waals surface area contributed by atoms with E-state index in [1.165, 1.54) is 25.8 Å². The second kappa shape index (κ2) is 4.92. The number of fused-ring (bicyclic) bond motifs is 1. The fourth-order valence-corrected chi connectivity index (χ4v) is 3.79. The highest BCUT2D eigenvalue weighted by atomic mass is 32.1. The van der Waals surface area contributed by atoms with Crippen LogP contribution < -0.4 is 10.2 Å². The molecule has 0 bridgehead atoms. The summed E-state index contributed by atoms with van der Waals surface area (Å²) in [6.07, 6.45) is 3.86. The minimum absolute atomic E-state index is 0.0535. The maximum Gasteiger partial charge on any atom is 0.185 e. The third-order valence-electron chi connectivity index (χ3n) is 3.86. The largest absolute Gasteiger partial charge is 0.390 e. The lowest BCUT2D eigenvalue weighted by Crippen LogP contribution is -2.52. The normalized spacial score (nSPS) is 29.1. The van der Waals surface area contributed by atoms with Gasteiger partial charge in [-0.3, -0.25) is 0 Å². The van der Waals surface area contributed by atoms with Crippen LogP contribution in [-0.2, 0) is 6.61 Å². The van der Waals surface area contributed by atoms with E-state index < -0.39 is 0 Å². The number of nitrogens with one attached hydrogen (secondary N) is 1. The molecule has 0 amide bonds. The van der Waals surface area contributed by atoms with E-state index in [-0.39, 0.29) is 6.61 Å². The minimum Gasteiger partial charge on any atom is -0.390 e. The van der Waals surface area contributed by atoms with Crippen molar-refractivity contribution in [3.05, 3.63) is 11.1 Å². The van der Waals surface area contributed by atoms with Gasteiger partial charge in [0.15, 0.2) is 5.13 Å². The topological polar surface area (TPSA) is 48.4 Å². The fraction of sp³-hybridized carbons (Fsp3) is 0.750. The summed E-state index contributed by atoms with van der Waals surface area (Å²) >= 11 is 1.65. The van der Waals surface area contributed by atoms with Gasteiger partial charge >= 0.3 is 0 Å². The number of piperidine rings is 2. The standard InChI is InChI=1S/C12H19N3OS/c16-7-10-8-17-12(14-10)15-5-3-11-9(6-15)2-1-4-13-11/h8-9,11,13,16H,1-7H2/t9-,11+/m1/s1. The molecule has 0 saturated carbocycles. The molecule has 2 fully saturated rings. The Bertz CT molecular complexity index is 382. The molecule has 2 N–H and O–H groups in total. The van der Waals surface area contributed by atoms with Crippen molar-refractivity contribution in [3.8, 4) is 0 Å². The molecule has 3 heterocycles. The molecule has 17 heavy (non-hydrogen) atoms. The van der Waals surface area contributed by atoms with Crippen LogP contribution in [0.1, 0.15) is 25.0 Å². The summed E-state index contributed by atoms with van der Waals surface area (Å²) < 4.78 is 0. The smallest absolute Gasteiger partial charge is 0.185 e. The first-order valence-electron chi connectivity index (χ1n) is 6.40. The van der Waals surface area contributed by atoms with Crippen LogP contribution in [0.15, 0.2) is 5.38 Å². The maximum atomic E-state index is 9.05. The predicted octanol–water partition coefficient (Wildman–Crippen LogP) is 1.21. The van der Waals surface area contributed by atoms with Crippen LogP contribution >= 0.6 is 11.3 Å². The molecule has 2 saturated heterocycles. The van der Waals surface area contributed by atoms with Gasteiger partial charge in [0.2, 0.25) is 0 Å². The highest BCUT2D eigenvalue weighted by molar-refractivity contribution is 7.13. The number of rotatable bonds is 2. The fourth-order valence-electron chi connectivity index (χ4n) is 2.93. The number of thiazole rings is 1. The van der Waals surface area contributed by atoms with Crippen molar-refractivity contribution < 1.29 is 5.11 Å². The second-order valence-corrected chi connectivity index (χ2v) is 5.81. The van der Waals surface area contributed by atoms with E-state index in [2.05, 4.69) is 15.2 Å². The van der Waals surface area contributed by atoms with E-state index >= 15 is 0 Å². The van der Waals surface area contributed by atoms with E-state index in [9.17, 15) is 0 Å². The molecule has 2 aliphatic heterocycles. The molecule has 5 heteroatoms. The summed E-state index contributed by atoms with van der Waals surface area (Å²) in [5, 5.41) is 15.7. The average Bonchev–Trinajstić information content (AvgIpc) is 2.87. The van der Waals surface area contributed by atoms with Gasteiger partial charge in [0.05, 0.1) is 12.3 Å². The Balaban J connectivity index is 1.68. The highest BCUT2D eigenvalue weighted by Crippen LogP contribution is 2.30. The first-order valence-corrected chi connectivity index (χ1v) is 7.28. The van der Waals surface area contributed by atoms with Crippen molar-refractivity contribution >= 4 is 16.5 Å². The van der Waals surface area contributed by atoms with Gasteiger partial charge in [-0.25, -0.2) is 4.98 Å². The summed E-state index contributed by atoms with van der Waals surface area (Å²) in [5.74, 6) is 0.777. The van der Waals surface area contributed by atoms with Crippen LogP contribution in [0.25, 0.3) is 0 Å². The lowest BCUT2D eigenvalue weighted by Gasteiger charge is -2.41. The van der Waals surface area contributed by atoms with Gasteiger partial charge in [0.1, 0.15) is 0 Å². The van der Waals surface area contributed by atoms with Gasteiger partial charge in [0.25, 0.3) is 0 Å². The third kappa shape index (κ3) is 2.32. The predicted molar refractivity (Wildman–Crippen MR) is 69.4 cm³/mol. The number of aliphatic hydroxyl groups excluding tert-OH is 1. The molecule has 0 radical (unpaired) electrons. The Hall–Kier alpha value is -0.650. The second-order valence-electron chi connectivity index (χ2n) is 4.98. The van der Waals surface area contributed by atoms with Crippen LogP contribution in [0, 0.1) is 5.92 Å². The first-order chi connectivity index (χ1) is 8.36. The zero-order chi connectivity index (χ0) is 11.7. The molecule has 2 aliphatic rings. The summed E-state index contributed by atoms with van der Waals surface area (Å²) in [6.45, 7) is 3.45. The van der Waals surface area contributed by atoms with Gasteiger partial charge < -0.3 is 15.3 Å². The molecule has 0 spiro atoms. The van der Waals surface area contributed by atoms with Crippen molar-refractivity contribution in [2.24, 2.45) is 5.92 Å². The Kier molecular flexibility index (Phi) is 3.31. The van der Waals surface area contributed by atoms with Crippen LogP contribution in [0.2, 0.25) is 0 Å². The molecular weight excluding hydrogens is 234 g/mol. The first kappa shape index (κ1) is 11.4. The Morgan fingerprint density at radius 3 is 3.29 bits per heavy atom. The van der Waals surface area contributed by atoms with E-state index in [0.29, 0.717) is 0 Å². The van der Waals surface area contributed by atoms with Gasteiger partial charge in [0, 0.05) is 24.5 Å². The number of anilines is 1. The van der Waals surface area contributed by atoms with Gasteiger partial charge in [-0.2, -0.15) is 0 Å². The van der Waals surface area contributed by atoms with Crippen molar-refractivity contribution in [1.82, 2.24) is 10.3 Å². The Labute approximate surface area is 106 Å².